The van der Waals surface area contributed by atoms with Gasteiger partial charge in [-0.2, -0.15) is 0 Å². The highest BCUT2D eigenvalue weighted by Gasteiger charge is 2.44. The molecular formula is C24H33NO2. The fraction of sp³-hybridized carbons (Fsp3) is 0.500. The SMILES string of the molecule is CC[C@]1(C)C[C@](CCNCc2ccccc2)(c2ccccc2OC)CCO1. The standard InChI is InChI=1S/C24H33NO2/c1-4-23(2)19-24(15-17-27-23,21-12-8-9-13-22(21)26-3)14-16-25-18-20-10-6-5-7-11-20/h5-13,25H,4,14-19H2,1-3H3/t23-,24-/m1/s1. The minimum atomic E-state index is -0.0709. The third-order valence-corrected chi connectivity index (χ3v) is 6.12. The van der Waals surface area contributed by atoms with Crippen LogP contribution in [-0.2, 0) is 16.7 Å². The molecule has 2 aromatic rings. The first-order chi connectivity index (χ1) is 13.1. The Morgan fingerprint density at radius 2 is 1.81 bits per heavy atom. The Hall–Kier alpha value is -1.84. The molecule has 0 unspecified atom stereocenters. The average Bonchev–Trinajstić information content (AvgIpc) is 2.72. The summed E-state index contributed by atoms with van der Waals surface area (Å²) in [5.41, 5.74) is 2.67. The first-order valence-corrected chi connectivity index (χ1v) is 10.1. The monoisotopic (exact) mass is 367 g/mol. The summed E-state index contributed by atoms with van der Waals surface area (Å²) in [6, 6.07) is 19.1. The number of rotatable bonds is 8. The number of benzene rings is 2. The van der Waals surface area contributed by atoms with E-state index in [0.29, 0.717) is 0 Å². The maximum Gasteiger partial charge on any atom is 0.122 e. The zero-order chi connectivity index (χ0) is 19.2. The molecule has 27 heavy (non-hydrogen) atoms. The summed E-state index contributed by atoms with van der Waals surface area (Å²) >= 11 is 0. The van der Waals surface area contributed by atoms with Gasteiger partial charge < -0.3 is 14.8 Å². The normalized spacial score (nSPS) is 25.3. The number of nitrogens with one attached hydrogen (secondary N) is 1. The van der Waals surface area contributed by atoms with Crippen molar-refractivity contribution in [3.05, 3.63) is 65.7 Å². The Morgan fingerprint density at radius 1 is 1.07 bits per heavy atom. The fourth-order valence-corrected chi connectivity index (χ4v) is 4.39. The highest BCUT2D eigenvalue weighted by atomic mass is 16.5. The number of para-hydroxylation sites is 1. The minimum absolute atomic E-state index is 0.0709. The van der Waals surface area contributed by atoms with Crippen molar-refractivity contribution >= 4 is 0 Å². The Balaban J connectivity index is 1.78. The molecule has 1 aliphatic heterocycles. The van der Waals surface area contributed by atoms with Crippen molar-refractivity contribution in [3.63, 3.8) is 0 Å². The predicted octanol–water partition coefficient (Wildman–Crippen LogP) is 5.09. The second-order valence-electron chi connectivity index (χ2n) is 7.97. The summed E-state index contributed by atoms with van der Waals surface area (Å²) in [7, 11) is 1.78. The zero-order valence-electron chi connectivity index (χ0n) is 17.0. The number of hydrogen-bond donors (Lipinski definition) is 1. The number of methoxy groups -OCH3 is 1. The molecule has 0 amide bonds. The molecule has 2 aromatic carbocycles. The zero-order valence-corrected chi connectivity index (χ0v) is 17.0. The molecule has 0 aliphatic carbocycles. The first kappa shape index (κ1) is 19.9. The van der Waals surface area contributed by atoms with E-state index in [-0.39, 0.29) is 11.0 Å². The molecule has 0 spiro atoms. The van der Waals surface area contributed by atoms with Gasteiger partial charge in [0.25, 0.3) is 0 Å². The molecule has 3 nitrogen and oxygen atoms in total. The summed E-state index contributed by atoms with van der Waals surface area (Å²) < 4.78 is 11.9. The highest BCUT2D eigenvalue weighted by Crippen LogP contribution is 2.47. The second-order valence-corrected chi connectivity index (χ2v) is 7.97. The van der Waals surface area contributed by atoms with Crippen molar-refractivity contribution < 1.29 is 9.47 Å². The first-order valence-electron chi connectivity index (χ1n) is 10.1. The van der Waals surface area contributed by atoms with Gasteiger partial charge in [-0.1, -0.05) is 55.5 Å². The molecule has 3 rings (SSSR count). The predicted molar refractivity (Wildman–Crippen MR) is 111 cm³/mol. The van der Waals surface area contributed by atoms with E-state index >= 15 is 0 Å². The van der Waals surface area contributed by atoms with Crippen molar-refractivity contribution in [1.82, 2.24) is 5.32 Å². The van der Waals surface area contributed by atoms with E-state index in [0.717, 1.165) is 51.1 Å². The summed E-state index contributed by atoms with van der Waals surface area (Å²) in [5.74, 6) is 1.00. The van der Waals surface area contributed by atoms with E-state index in [1.54, 1.807) is 7.11 Å². The van der Waals surface area contributed by atoms with Crippen LogP contribution in [0.15, 0.2) is 54.6 Å². The van der Waals surface area contributed by atoms with Gasteiger partial charge >= 0.3 is 0 Å². The van der Waals surface area contributed by atoms with Crippen LogP contribution < -0.4 is 10.1 Å². The summed E-state index contributed by atoms with van der Waals surface area (Å²) in [5, 5.41) is 3.64. The van der Waals surface area contributed by atoms with Crippen LogP contribution in [0.5, 0.6) is 5.75 Å². The molecule has 0 bridgehead atoms. The van der Waals surface area contributed by atoms with Gasteiger partial charge in [0.1, 0.15) is 5.75 Å². The van der Waals surface area contributed by atoms with Crippen molar-refractivity contribution in [3.8, 4) is 5.75 Å². The smallest absolute Gasteiger partial charge is 0.122 e. The van der Waals surface area contributed by atoms with Crippen LogP contribution in [0, 0.1) is 0 Å². The lowest BCUT2D eigenvalue weighted by Crippen LogP contribution is -2.46. The van der Waals surface area contributed by atoms with E-state index in [9.17, 15) is 0 Å². The molecule has 1 saturated heterocycles. The summed E-state index contributed by atoms with van der Waals surface area (Å²) in [4.78, 5) is 0. The Labute approximate surface area is 164 Å². The molecular weight excluding hydrogens is 334 g/mol. The van der Waals surface area contributed by atoms with Gasteiger partial charge in [-0.25, -0.2) is 0 Å². The molecule has 0 aromatic heterocycles. The fourth-order valence-electron chi connectivity index (χ4n) is 4.39. The summed E-state index contributed by atoms with van der Waals surface area (Å²) in [6.07, 6.45) is 4.18. The molecule has 1 fully saturated rings. The number of hydrogen-bond acceptors (Lipinski definition) is 3. The molecule has 1 aliphatic rings. The van der Waals surface area contributed by atoms with Gasteiger partial charge in [-0.05, 0) is 50.8 Å². The van der Waals surface area contributed by atoms with E-state index in [1.807, 2.05) is 0 Å². The van der Waals surface area contributed by atoms with E-state index in [1.165, 1.54) is 11.1 Å². The van der Waals surface area contributed by atoms with Crippen molar-refractivity contribution in [2.45, 2.75) is 57.1 Å². The van der Waals surface area contributed by atoms with Crippen LogP contribution in [0.3, 0.4) is 0 Å². The third-order valence-electron chi connectivity index (χ3n) is 6.12. The van der Waals surface area contributed by atoms with Crippen molar-refractivity contribution in [2.24, 2.45) is 0 Å². The van der Waals surface area contributed by atoms with Crippen molar-refractivity contribution in [1.29, 1.82) is 0 Å². The van der Waals surface area contributed by atoms with E-state index in [2.05, 4.69) is 73.8 Å². The Bertz CT molecular complexity index is 717. The van der Waals surface area contributed by atoms with E-state index < -0.39 is 0 Å². The topological polar surface area (TPSA) is 30.5 Å². The lowest BCUT2D eigenvalue weighted by molar-refractivity contribution is -0.0982. The maximum atomic E-state index is 6.18. The van der Waals surface area contributed by atoms with Crippen molar-refractivity contribution in [2.75, 3.05) is 20.3 Å². The third kappa shape index (κ3) is 4.72. The van der Waals surface area contributed by atoms with Gasteiger partial charge in [-0.15, -0.1) is 0 Å². The highest BCUT2D eigenvalue weighted by molar-refractivity contribution is 5.40. The van der Waals surface area contributed by atoms with Gasteiger partial charge in [0.15, 0.2) is 0 Å². The van der Waals surface area contributed by atoms with E-state index in [4.69, 9.17) is 9.47 Å². The molecule has 0 radical (unpaired) electrons. The largest absolute Gasteiger partial charge is 0.496 e. The average molecular weight is 368 g/mol. The maximum absolute atomic E-state index is 6.18. The van der Waals surface area contributed by atoms with Crippen LogP contribution in [0.25, 0.3) is 0 Å². The molecule has 0 saturated carbocycles. The van der Waals surface area contributed by atoms with Crippen LogP contribution in [0.4, 0.5) is 0 Å². The summed E-state index contributed by atoms with van der Waals surface area (Å²) in [6.45, 7) is 7.18. The number of ether oxygens (including phenoxy) is 2. The van der Waals surface area contributed by atoms with Gasteiger partial charge in [0.05, 0.1) is 12.7 Å². The van der Waals surface area contributed by atoms with Crippen LogP contribution in [0.1, 0.15) is 50.7 Å². The molecule has 146 valence electrons. The molecule has 2 atom stereocenters. The molecule has 1 N–H and O–H groups in total. The molecule has 3 heteroatoms. The van der Waals surface area contributed by atoms with Crippen LogP contribution in [0.2, 0.25) is 0 Å². The van der Waals surface area contributed by atoms with Gasteiger partial charge in [-0.3, -0.25) is 0 Å². The minimum Gasteiger partial charge on any atom is -0.496 e. The van der Waals surface area contributed by atoms with Crippen LogP contribution >= 0.6 is 0 Å². The Kier molecular flexibility index (Phi) is 6.56. The lowest BCUT2D eigenvalue weighted by Gasteiger charge is -2.47. The van der Waals surface area contributed by atoms with Gasteiger partial charge in [0, 0.05) is 24.1 Å². The lowest BCUT2D eigenvalue weighted by atomic mass is 9.66. The van der Waals surface area contributed by atoms with Crippen LogP contribution in [-0.4, -0.2) is 25.9 Å². The molecule has 1 heterocycles. The second kappa shape index (κ2) is 8.90. The quantitative estimate of drug-likeness (QED) is 0.659. The van der Waals surface area contributed by atoms with Gasteiger partial charge in [0.2, 0.25) is 0 Å². The Morgan fingerprint density at radius 3 is 2.56 bits per heavy atom.